The predicted octanol–water partition coefficient (Wildman–Crippen LogP) is 1.38. The lowest BCUT2D eigenvalue weighted by atomic mass is 9.97. The molecule has 0 amide bonds. The maximum Gasteiger partial charge on any atom is 0.214 e. The van der Waals surface area contributed by atoms with Crippen LogP contribution in [0.1, 0.15) is 25.7 Å². The average molecular weight is 339 g/mol. The summed E-state index contributed by atoms with van der Waals surface area (Å²) in [7, 11) is -3.07. The Balaban J connectivity index is 1.71. The Hall–Kier alpha value is 0.120. The van der Waals surface area contributed by atoms with Crippen molar-refractivity contribution >= 4 is 21.6 Å². The second kappa shape index (κ2) is 8.67. The Labute approximate surface area is 133 Å². The molecule has 2 rings (SSSR count). The summed E-state index contributed by atoms with van der Waals surface area (Å²) in [6, 6.07) is 0. The molecule has 0 aromatic carbocycles. The van der Waals surface area contributed by atoms with Gasteiger partial charge in [-0.15, -0.1) is 11.6 Å². The van der Waals surface area contributed by atoms with Crippen LogP contribution in [0.5, 0.6) is 0 Å². The molecule has 124 valence electrons. The molecule has 0 N–H and O–H groups in total. The summed E-state index contributed by atoms with van der Waals surface area (Å²) in [5, 5.41) is 0. The van der Waals surface area contributed by atoms with E-state index in [9.17, 15) is 8.42 Å². The fraction of sp³-hybridized carbons (Fsp3) is 1.00. The molecule has 2 aliphatic heterocycles. The molecule has 7 heteroatoms. The van der Waals surface area contributed by atoms with Gasteiger partial charge in [-0.3, -0.25) is 4.90 Å². The van der Waals surface area contributed by atoms with Crippen molar-refractivity contribution in [2.24, 2.45) is 5.92 Å². The first-order valence-electron chi connectivity index (χ1n) is 7.96. The number of hydrogen-bond donors (Lipinski definition) is 0. The van der Waals surface area contributed by atoms with Crippen LogP contribution in [0.25, 0.3) is 0 Å². The van der Waals surface area contributed by atoms with E-state index in [4.69, 9.17) is 16.3 Å². The molecule has 21 heavy (non-hydrogen) atoms. The number of alkyl halides is 1. The maximum absolute atomic E-state index is 12.2. The molecule has 0 bridgehead atoms. The van der Waals surface area contributed by atoms with Gasteiger partial charge in [0.15, 0.2) is 0 Å². The number of unbranched alkanes of at least 4 members (excludes halogenated alkanes) is 1. The normalized spacial score (nSPS) is 23.5. The summed E-state index contributed by atoms with van der Waals surface area (Å²) < 4.78 is 31.5. The van der Waals surface area contributed by atoms with Crippen molar-refractivity contribution in [3.63, 3.8) is 0 Å². The molecule has 2 saturated heterocycles. The Morgan fingerprint density at radius 2 is 1.71 bits per heavy atom. The fourth-order valence-corrected chi connectivity index (χ4v) is 4.81. The zero-order valence-electron chi connectivity index (χ0n) is 12.7. The van der Waals surface area contributed by atoms with Crippen molar-refractivity contribution < 1.29 is 13.2 Å². The number of rotatable bonds is 7. The van der Waals surface area contributed by atoms with Crippen molar-refractivity contribution in [1.29, 1.82) is 0 Å². The van der Waals surface area contributed by atoms with Crippen molar-refractivity contribution in [3.05, 3.63) is 0 Å². The van der Waals surface area contributed by atoms with Gasteiger partial charge in [0.05, 0.1) is 19.0 Å². The van der Waals surface area contributed by atoms with Crippen molar-refractivity contribution in [2.45, 2.75) is 25.7 Å². The van der Waals surface area contributed by atoms with Gasteiger partial charge in [0.25, 0.3) is 0 Å². The number of piperidine rings is 1. The maximum atomic E-state index is 12.2. The van der Waals surface area contributed by atoms with Gasteiger partial charge < -0.3 is 4.74 Å². The van der Waals surface area contributed by atoms with E-state index in [1.165, 1.54) is 0 Å². The lowest BCUT2D eigenvalue weighted by molar-refractivity contribution is 0.0269. The Bertz CT molecular complexity index is 391. The molecular weight excluding hydrogens is 312 g/mol. The van der Waals surface area contributed by atoms with Crippen molar-refractivity contribution in [1.82, 2.24) is 9.21 Å². The van der Waals surface area contributed by atoms with Crippen LogP contribution in [0.15, 0.2) is 0 Å². The van der Waals surface area contributed by atoms with Gasteiger partial charge in [-0.25, -0.2) is 12.7 Å². The molecule has 2 aliphatic rings. The van der Waals surface area contributed by atoms with Crippen LogP contribution in [0.3, 0.4) is 0 Å². The highest BCUT2D eigenvalue weighted by atomic mass is 35.5. The summed E-state index contributed by atoms with van der Waals surface area (Å²) in [6.45, 7) is 6.12. The SMILES string of the molecule is O=S(=O)(CCCCCl)N1CCC(CN2CCOCC2)CC1. The van der Waals surface area contributed by atoms with E-state index < -0.39 is 10.0 Å². The molecule has 0 unspecified atom stereocenters. The number of nitrogens with zero attached hydrogens (tertiary/aromatic N) is 2. The van der Waals surface area contributed by atoms with Crippen LogP contribution in [-0.2, 0) is 14.8 Å². The van der Waals surface area contributed by atoms with Crippen LogP contribution in [-0.4, -0.2) is 75.2 Å². The number of ether oxygens (including phenoxy) is 1. The molecule has 0 aliphatic carbocycles. The second-order valence-corrected chi connectivity index (χ2v) is 8.43. The van der Waals surface area contributed by atoms with Gasteiger partial charge in [0, 0.05) is 38.6 Å². The highest BCUT2D eigenvalue weighted by Crippen LogP contribution is 2.21. The van der Waals surface area contributed by atoms with Gasteiger partial charge in [-0.05, 0) is 31.6 Å². The quantitative estimate of drug-likeness (QED) is 0.520. The molecule has 0 radical (unpaired) electrons. The molecule has 0 atom stereocenters. The predicted molar refractivity (Wildman–Crippen MR) is 85.3 cm³/mol. The van der Waals surface area contributed by atoms with Gasteiger partial charge in [-0.2, -0.15) is 0 Å². The van der Waals surface area contributed by atoms with Crippen molar-refractivity contribution in [3.8, 4) is 0 Å². The number of sulfonamides is 1. The number of halogens is 1. The third-order valence-electron chi connectivity index (χ3n) is 4.37. The third kappa shape index (κ3) is 5.67. The minimum absolute atomic E-state index is 0.244. The van der Waals surface area contributed by atoms with Crippen molar-refractivity contribution in [2.75, 3.05) is 57.6 Å². The monoisotopic (exact) mass is 338 g/mol. The molecule has 2 fully saturated rings. The molecular formula is C14H27ClN2O3S. The Morgan fingerprint density at radius 3 is 2.33 bits per heavy atom. The highest BCUT2D eigenvalue weighted by molar-refractivity contribution is 7.89. The summed E-state index contributed by atoms with van der Waals surface area (Å²) in [4.78, 5) is 2.44. The summed E-state index contributed by atoms with van der Waals surface area (Å²) >= 11 is 5.61. The van der Waals surface area contributed by atoms with E-state index in [1.54, 1.807) is 4.31 Å². The average Bonchev–Trinajstić information content (AvgIpc) is 2.49. The molecule has 0 aromatic rings. The number of hydrogen-bond acceptors (Lipinski definition) is 4. The minimum atomic E-state index is -3.07. The molecule has 0 spiro atoms. The first-order chi connectivity index (χ1) is 10.1. The largest absolute Gasteiger partial charge is 0.379 e. The Kier molecular flexibility index (Phi) is 7.22. The fourth-order valence-electron chi connectivity index (χ4n) is 3.03. The van der Waals surface area contributed by atoms with Gasteiger partial charge in [0.2, 0.25) is 10.0 Å². The lowest BCUT2D eigenvalue weighted by Gasteiger charge is -2.35. The standard InChI is InChI=1S/C14H27ClN2O3S/c15-5-1-2-12-21(18,19)17-6-3-14(4-7-17)13-16-8-10-20-11-9-16/h14H,1-13H2. The van der Waals surface area contributed by atoms with Gasteiger partial charge in [-0.1, -0.05) is 0 Å². The minimum Gasteiger partial charge on any atom is -0.379 e. The van der Waals surface area contributed by atoms with Crippen LogP contribution in [0, 0.1) is 5.92 Å². The summed E-state index contributed by atoms with van der Waals surface area (Å²) in [5.41, 5.74) is 0. The first-order valence-corrected chi connectivity index (χ1v) is 10.1. The van der Waals surface area contributed by atoms with Gasteiger partial charge >= 0.3 is 0 Å². The highest BCUT2D eigenvalue weighted by Gasteiger charge is 2.28. The first kappa shape index (κ1) is 17.5. The summed E-state index contributed by atoms with van der Waals surface area (Å²) in [5.74, 6) is 1.41. The molecule has 5 nitrogen and oxygen atoms in total. The van der Waals surface area contributed by atoms with Crippen LogP contribution < -0.4 is 0 Å². The van der Waals surface area contributed by atoms with E-state index in [0.29, 0.717) is 31.3 Å². The lowest BCUT2D eigenvalue weighted by Crippen LogP contribution is -2.44. The topological polar surface area (TPSA) is 49.9 Å². The molecule has 0 aromatic heterocycles. The van der Waals surface area contributed by atoms with E-state index in [0.717, 1.165) is 52.1 Å². The second-order valence-electron chi connectivity index (χ2n) is 5.97. The third-order valence-corrected chi connectivity index (χ3v) is 6.60. The van der Waals surface area contributed by atoms with E-state index in [2.05, 4.69) is 4.90 Å². The van der Waals surface area contributed by atoms with Gasteiger partial charge in [0.1, 0.15) is 0 Å². The number of morpholine rings is 1. The van der Waals surface area contributed by atoms with Crippen LogP contribution in [0.2, 0.25) is 0 Å². The zero-order chi connectivity index (χ0) is 15.1. The molecule has 2 heterocycles. The van der Waals surface area contributed by atoms with E-state index >= 15 is 0 Å². The Morgan fingerprint density at radius 1 is 1.05 bits per heavy atom. The van der Waals surface area contributed by atoms with E-state index in [1.807, 2.05) is 0 Å². The van der Waals surface area contributed by atoms with Crippen LogP contribution in [0.4, 0.5) is 0 Å². The smallest absolute Gasteiger partial charge is 0.214 e. The van der Waals surface area contributed by atoms with Crippen LogP contribution >= 0.6 is 11.6 Å². The zero-order valence-corrected chi connectivity index (χ0v) is 14.2. The summed E-state index contributed by atoms with van der Waals surface area (Å²) in [6.07, 6.45) is 3.39. The molecule has 0 saturated carbocycles. The van der Waals surface area contributed by atoms with E-state index in [-0.39, 0.29) is 5.75 Å².